The maximum Gasteiger partial charge on any atom is 0.236 e. The number of aromatic nitrogens is 2. The molecule has 1 aliphatic rings. The summed E-state index contributed by atoms with van der Waals surface area (Å²) in [6, 6.07) is 15.4. The molecule has 0 radical (unpaired) electrons. The molecule has 140 valence electrons. The van der Waals surface area contributed by atoms with Gasteiger partial charge in [0.1, 0.15) is 5.41 Å². The van der Waals surface area contributed by atoms with Crippen LogP contribution in [0.4, 0.5) is 0 Å². The lowest BCUT2D eigenvalue weighted by Crippen LogP contribution is -2.51. The topological polar surface area (TPSA) is 84.8 Å². The molecule has 3 aromatic rings. The zero-order valence-corrected chi connectivity index (χ0v) is 15.8. The quantitative estimate of drug-likeness (QED) is 0.739. The molecule has 0 saturated carbocycles. The van der Waals surface area contributed by atoms with Crippen molar-refractivity contribution in [1.82, 2.24) is 20.4 Å². The van der Waals surface area contributed by atoms with Gasteiger partial charge in [-0.3, -0.25) is 9.89 Å². The lowest BCUT2D eigenvalue weighted by Gasteiger charge is -2.34. The van der Waals surface area contributed by atoms with Crippen molar-refractivity contribution in [2.24, 2.45) is 0 Å². The Balaban J connectivity index is 1.69. The number of nitrogens with one attached hydrogen (secondary N) is 2. The number of benzene rings is 2. The molecule has 0 bridgehead atoms. The molecule has 0 spiro atoms. The van der Waals surface area contributed by atoms with Crippen molar-refractivity contribution in [3.05, 3.63) is 77.6 Å². The van der Waals surface area contributed by atoms with Crippen molar-refractivity contribution in [3.8, 4) is 6.07 Å². The molecule has 2 atom stereocenters. The highest BCUT2D eigenvalue weighted by Gasteiger charge is 2.47. The molecule has 6 nitrogen and oxygen atoms in total. The van der Waals surface area contributed by atoms with E-state index in [9.17, 15) is 10.1 Å². The Morgan fingerprint density at radius 3 is 2.93 bits per heavy atom. The van der Waals surface area contributed by atoms with Crippen LogP contribution in [0.15, 0.2) is 60.9 Å². The summed E-state index contributed by atoms with van der Waals surface area (Å²) in [6.07, 6.45) is 5.68. The number of amides is 1. The highest BCUT2D eigenvalue weighted by atomic mass is 16.2. The Bertz CT molecular complexity index is 1110. The minimum atomic E-state index is -0.818. The van der Waals surface area contributed by atoms with E-state index in [2.05, 4.69) is 21.6 Å². The number of nitrogens with zero attached hydrogens (tertiary/aromatic N) is 3. The van der Waals surface area contributed by atoms with Gasteiger partial charge in [-0.25, -0.2) is 0 Å². The van der Waals surface area contributed by atoms with E-state index in [1.807, 2.05) is 67.5 Å². The third-order valence-corrected chi connectivity index (χ3v) is 5.71. The third-order valence-electron chi connectivity index (χ3n) is 5.71. The predicted molar refractivity (Wildman–Crippen MR) is 107 cm³/mol. The maximum absolute atomic E-state index is 13.5. The molecular formula is C22H21N5O. The standard InChI is InChI=1S/C22H21N5O/c1-15-22(9-10-27(15)2,19-7-8-20-18(11-19)14-25-26-20)21(28)24-13-17-6-4-3-5-16(17)12-23/h3-11,14-15H,13H2,1-2H3,(H,24,28)(H,25,26). The van der Waals surface area contributed by atoms with Crippen LogP contribution in [0.5, 0.6) is 0 Å². The summed E-state index contributed by atoms with van der Waals surface area (Å²) in [5, 5.41) is 20.3. The van der Waals surface area contributed by atoms with Gasteiger partial charge in [-0.15, -0.1) is 0 Å². The first-order chi connectivity index (χ1) is 13.6. The van der Waals surface area contributed by atoms with Crippen LogP contribution < -0.4 is 5.32 Å². The van der Waals surface area contributed by atoms with Gasteiger partial charge >= 0.3 is 0 Å². The first-order valence-electron chi connectivity index (χ1n) is 9.17. The van der Waals surface area contributed by atoms with E-state index >= 15 is 0 Å². The zero-order valence-electron chi connectivity index (χ0n) is 15.8. The molecule has 1 amide bonds. The number of hydrogen-bond donors (Lipinski definition) is 2. The molecule has 6 heteroatoms. The molecule has 2 unspecified atom stereocenters. The second kappa shape index (κ2) is 6.86. The second-order valence-electron chi connectivity index (χ2n) is 7.15. The molecule has 1 aromatic heterocycles. The predicted octanol–water partition coefficient (Wildman–Crippen LogP) is 2.84. The number of carbonyl (C=O) groups is 1. The zero-order chi connectivity index (χ0) is 19.7. The van der Waals surface area contributed by atoms with Gasteiger partial charge in [-0.1, -0.05) is 24.3 Å². The van der Waals surface area contributed by atoms with Gasteiger partial charge in [0.15, 0.2) is 0 Å². The number of nitriles is 1. The second-order valence-corrected chi connectivity index (χ2v) is 7.15. The van der Waals surface area contributed by atoms with Crippen molar-refractivity contribution >= 4 is 16.8 Å². The lowest BCUT2D eigenvalue weighted by atomic mass is 9.74. The normalized spacial score (nSPS) is 21.0. The molecule has 0 aliphatic carbocycles. The maximum atomic E-state index is 13.5. The van der Waals surface area contributed by atoms with Gasteiger partial charge in [-0.2, -0.15) is 10.4 Å². The Labute approximate surface area is 163 Å². The Morgan fingerprint density at radius 1 is 1.36 bits per heavy atom. The van der Waals surface area contributed by atoms with Crippen molar-refractivity contribution < 1.29 is 4.79 Å². The molecule has 2 N–H and O–H groups in total. The summed E-state index contributed by atoms with van der Waals surface area (Å²) < 4.78 is 0. The number of likely N-dealkylation sites (N-methyl/N-ethyl adjacent to an activating group) is 1. The lowest BCUT2D eigenvalue weighted by molar-refractivity contribution is -0.126. The minimum absolute atomic E-state index is 0.0527. The summed E-state index contributed by atoms with van der Waals surface area (Å²) in [7, 11) is 1.97. The summed E-state index contributed by atoms with van der Waals surface area (Å²) in [4.78, 5) is 15.5. The fourth-order valence-corrected chi connectivity index (χ4v) is 3.86. The van der Waals surface area contributed by atoms with Gasteiger partial charge in [-0.05, 0) is 48.5 Å². The molecule has 0 fully saturated rings. The SMILES string of the molecule is CC1N(C)C=CC1(C(=O)NCc1ccccc1C#N)c1ccc2[nH]ncc2c1. The number of hydrogen-bond acceptors (Lipinski definition) is 4. The molecule has 28 heavy (non-hydrogen) atoms. The Kier molecular flexibility index (Phi) is 4.36. The smallest absolute Gasteiger partial charge is 0.236 e. The molecular weight excluding hydrogens is 350 g/mol. The third kappa shape index (κ3) is 2.72. The van der Waals surface area contributed by atoms with Crippen LogP contribution in [0.3, 0.4) is 0 Å². The van der Waals surface area contributed by atoms with Crippen LogP contribution in [0.25, 0.3) is 10.9 Å². The fraction of sp³-hybridized carbons (Fsp3) is 0.227. The minimum Gasteiger partial charge on any atom is -0.376 e. The van der Waals surface area contributed by atoms with E-state index in [0.717, 1.165) is 22.0 Å². The van der Waals surface area contributed by atoms with Crippen LogP contribution in [0.2, 0.25) is 0 Å². The van der Waals surface area contributed by atoms with Gasteiger partial charge in [0.25, 0.3) is 0 Å². The van der Waals surface area contributed by atoms with E-state index < -0.39 is 5.41 Å². The van der Waals surface area contributed by atoms with Gasteiger partial charge in [0.05, 0.1) is 23.3 Å². The Morgan fingerprint density at radius 2 is 2.18 bits per heavy atom. The van der Waals surface area contributed by atoms with E-state index in [0.29, 0.717) is 12.1 Å². The average molecular weight is 371 g/mol. The summed E-state index contributed by atoms with van der Waals surface area (Å²) >= 11 is 0. The number of carbonyl (C=O) groups excluding carboxylic acids is 1. The summed E-state index contributed by atoms with van der Waals surface area (Å²) in [5.41, 5.74) is 2.42. The van der Waals surface area contributed by atoms with Crippen molar-refractivity contribution in [1.29, 1.82) is 5.26 Å². The molecule has 4 rings (SSSR count). The number of aromatic amines is 1. The molecule has 1 aliphatic heterocycles. The molecule has 2 aromatic carbocycles. The van der Waals surface area contributed by atoms with Crippen LogP contribution >= 0.6 is 0 Å². The van der Waals surface area contributed by atoms with Crippen LogP contribution in [-0.4, -0.2) is 34.1 Å². The van der Waals surface area contributed by atoms with Gasteiger partial charge < -0.3 is 10.2 Å². The fourth-order valence-electron chi connectivity index (χ4n) is 3.86. The van der Waals surface area contributed by atoms with Crippen LogP contribution in [-0.2, 0) is 16.8 Å². The van der Waals surface area contributed by atoms with E-state index in [1.165, 1.54) is 0 Å². The first kappa shape index (κ1) is 17.8. The van der Waals surface area contributed by atoms with E-state index in [4.69, 9.17) is 0 Å². The highest BCUT2D eigenvalue weighted by molar-refractivity contribution is 5.93. The average Bonchev–Trinajstić information content (AvgIpc) is 3.31. The van der Waals surface area contributed by atoms with Gasteiger partial charge in [0.2, 0.25) is 5.91 Å². The van der Waals surface area contributed by atoms with Crippen LogP contribution in [0, 0.1) is 11.3 Å². The van der Waals surface area contributed by atoms with Crippen molar-refractivity contribution in [2.75, 3.05) is 7.05 Å². The highest BCUT2D eigenvalue weighted by Crippen LogP contribution is 2.38. The van der Waals surface area contributed by atoms with Crippen molar-refractivity contribution in [3.63, 3.8) is 0 Å². The van der Waals surface area contributed by atoms with Crippen LogP contribution in [0.1, 0.15) is 23.6 Å². The number of rotatable bonds is 4. The number of fused-ring (bicyclic) bond motifs is 1. The van der Waals surface area contributed by atoms with Crippen molar-refractivity contribution in [2.45, 2.75) is 24.9 Å². The van der Waals surface area contributed by atoms with E-state index in [-0.39, 0.29) is 11.9 Å². The largest absolute Gasteiger partial charge is 0.376 e. The van der Waals surface area contributed by atoms with E-state index in [1.54, 1.807) is 12.3 Å². The summed E-state index contributed by atoms with van der Waals surface area (Å²) in [5.74, 6) is -0.0869. The Hall–Kier alpha value is -3.59. The first-order valence-corrected chi connectivity index (χ1v) is 9.17. The number of H-pyrrole nitrogens is 1. The monoisotopic (exact) mass is 371 g/mol. The van der Waals surface area contributed by atoms with Gasteiger partial charge in [0, 0.05) is 25.0 Å². The molecule has 2 heterocycles. The molecule has 0 saturated heterocycles. The summed E-state index contributed by atoms with van der Waals surface area (Å²) in [6.45, 7) is 2.35.